The molecule has 0 heterocycles. The molecule has 2 unspecified atom stereocenters. The highest BCUT2D eigenvalue weighted by Crippen LogP contribution is 2.43. The molecule has 0 aromatic rings. The SMILES string of the molecule is COCCN(C1CC1)C1(CN)CCCC(CC(C)C)C1. The van der Waals surface area contributed by atoms with Gasteiger partial charge in [-0.1, -0.05) is 26.7 Å². The molecule has 0 saturated heterocycles. The van der Waals surface area contributed by atoms with Gasteiger partial charge in [0, 0.05) is 31.8 Å². The van der Waals surface area contributed by atoms with E-state index >= 15 is 0 Å². The van der Waals surface area contributed by atoms with E-state index in [1.54, 1.807) is 0 Å². The Hall–Kier alpha value is -0.120. The smallest absolute Gasteiger partial charge is 0.0590 e. The van der Waals surface area contributed by atoms with Crippen LogP contribution in [0.2, 0.25) is 0 Å². The highest BCUT2D eigenvalue weighted by molar-refractivity contribution is 5.02. The van der Waals surface area contributed by atoms with Crippen LogP contribution >= 0.6 is 0 Å². The van der Waals surface area contributed by atoms with Crippen molar-refractivity contribution in [2.75, 3.05) is 26.8 Å². The van der Waals surface area contributed by atoms with Gasteiger partial charge in [-0.3, -0.25) is 4.90 Å². The molecule has 3 nitrogen and oxygen atoms in total. The highest BCUT2D eigenvalue weighted by atomic mass is 16.5. The van der Waals surface area contributed by atoms with Gasteiger partial charge in [-0.25, -0.2) is 0 Å². The van der Waals surface area contributed by atoms with Gasteiger partial charge < -0.3 is 10.5 Å². The monoisotopic (exact) mass is 282 g/mol. The summed E-state index contributed by atoms with van der Waals surface area (Å²) in [6, 6.07) is 0.784. The average Bonchev–Trinajstić information content (AvgIpc) is 3.23. The summed E-state index contributed by atoms with van der Waals surface area (Å²) in [6.07, 6.45) is 9.44. The van der Waals surface area contributed by atoms with Gasteiger partial charge in [-0.05, 0) is 43.9 Å². The van der Waals surface area contributed by atoms with Crippen molar-refractivity contribution < 1.29 is 4.74 Å². The highest BCUT2D eigenvalue weighted by Gasteiger charge is 2.45. The molecule has 20 heavy (non-hydrogen) atoms. The lowest BCUT2D eigenvalue weighted by Gasteiger charge is -2.49. The van der Waals surface area contributed by atoms with Crippen LogP contribution in [0.15, 0.2) is 0 Å². The molecule has 0 bridgehead atoms. The molecule has 2 N–H and O–H groups in total. The van der Waals surface area contributed by atoms with Crippen LogP contribution in [-0.4, -0.2) is 43.3 Å². The molecule has 0 spiro atoms. The molecule has 0 aromatic heterocycles. The van der Waals surface area contributed by atoms with Crippen molar-refractivity contribution in [1.29, 1.82) is 0 Å². The van der Waals surface area contributed by atoms with Gasteiger partial charge in [0.15, 0.2) is 0 Å². The largest absolute Gasteiger partial charge is 0.383 e. The predicted octanol–water partition coefficient (Wildman–Crippen LogP) is 3.03. The lowest BCUT2D eigenvalue weighted by atomic mass is 9.72. The van der Waals surface area contributed by atoms with Crippen molar-refractivity contribution >= 4 is 0 Å². The molecule has 2 saturated carbocycles. The van der Waals surface area contributed by atoms with Crippen LogP contribution in [0.5, 0.6) is 0 Å². The van der Waals surface area contributed by atoms with Gasteiger partial charge >= 0.3 is 0 Å². The summed E-state index contributed by atoms with van der Waals surface area (Å²) in [6.45, 7) is 7.42. The molecule has 2 rings (SSSR count). The zero-order valence-corrected chi connectivity index (χ0v) is 13.7. The Bertz CT molecular complexity index is 291. The Kier molecular flexibility index (Phi) is 5.88. The minimum atomic E-state index is 0.261. The van der Waals surface area contributed by atoms with E-state index in [1.165, 1.54) is 44.9 Å². The second-order valence-corrected chi connectivity index (χ2v) is 7.44. The minimum absolute atomic E-state index is 0.261. The van der Waals surface area contributed by atoms with E-state index in [9.17, 15) is 0 Å². The zero-order chi connectivity index (χ0) is 14.6. The first kappa shape index (κ1) is 16.3. The average molecular weight is 282 g/mol. The van der Waals surface area contributed by atoms with Gasteiger partial charge in [0.2, 0.25) is 0 Å². The van der Waals surface area contributed by atoms with Gasteiger partial charge in [0.25, 0.3) is 0 Å². The molecular weight excluding hydrogens is 248 g/mol. The normalized spacial score (nSPS) is 31.2. The van der Waals surface area contributed by atoms with Crippen LogP contribution in [0.25, 0.3) is 0 Å². The van der Waals surface area contributed by atoms with E-state index in [0.29, 0.717) is 0 Å². The number of rotatable bonds is 8. The Morgan fingerprint density at radius 1 is 1.30 bits per heavy atom. The number of methoxy groups -OCH3 is 1. The maximum Gasteiger partial charge on any atom is 0.0590 e. The lowest BCUT2D eigenvalue weighted by Crippen LogP contribution is -2.58. The van der Waals surface area contributed by atoms with Gasteiger partial charge in [0.1, 0.15) is 0 Å². The molecule has 2 aliphatic carbocycles. The molecular formula is C17H34N2O. The number of ether oxygens (including phenoxy) is 1. The van der Waals surface area contributed by atoms with Crippen molar-refractivity contribution in [2.24, 2.45) is 17.6 Å². The van der Waals surface area contributed by atoms with Crippen LogP contribution in [0.1, 0.15) is 58.8 Å². The third kappa shape index (κ3) is 3.96. The Morgan fingerprint density at radius 3 is 2.60 bits per heavy atom. The number of nitrogens with two attached hydrogens (primary N) is 1. The van der Waals surface area contributed by atoms with Crippen molar-refractivity contribution in [3.8, 4) is 0 Å². The molecule has 0 radical (unpaired) electrons. The number of hydrogen-bond donors (Lipinski definition) is 1. The predicted molar refractivity (Wildman–Crippen MR) is 84.8 cm³/mol. The van der Waals surface area contributed by atoms with E-state index in [2.05, 4.69) is 18.7 Å². The standard InChI is InChI=1S/C17H34N2O/c1-14(2)11-15-5-4-8-17(12-15,13-18)19(9-10-20-3)16-6-7-16/h14-16H,4-13,18H2,1-3H3. The molecule has 2 fully saturated rings. The lowest BCUT2D eigenvalue weighted by molar-refractivity contribution is 0.00752. The van der Waals surface area contributed by atoms with Crippen LogP contribution in [-0.2, 0) is 4.74 Å². The van der Waals surface area contributed by atoms with Crippen molar-refractivity contribution in [3.05, 3.63) is 0 Å². The minimum Gasteiger partial charge on any atom is -0.383 e. The first-order chi connectivity index (χ1) is 9.61. The first-order valence-corrected chi connectivity index (χ1v) is 8.57. The Balaban J connectivity index is 2.04. The van der Waals surface area contributed by atoms with Gasteiger partial charge in [-0.15, -0.1) is 0 Å². The van der Waals surface area contributed by atoms with E-state index in [0.717, 1.165) is 37.6 Å². The van der Waals surface area contributed by atoms with Crippen LogP contribution in [0.4, 0.5) is 0 Å². The summed E-state index contributed by atoms with van der Waals surface area (Å²) in [5.41, 5.74) is 6.55. The van der Waals surface area contributed by atoms with Crippen LogP contribution in [0, 0.1) is 11.8 Å². The fraction of sp³-hybridized carbons (Fsp3) is 1.00. The summed E-state index contributed by atoms with van der Waals surface area (Å²) in [5.74, 6) is 1.68. The maximum atomic E-state index is 6.29. The van der Waals surface area contributed by atoms with E-state index < -0.39 is 0 Å². The third-order valence-corrected chi connectivity index (χ3v) is 5.24. The van der Waals surface area contributed by atoms with E-state index in [1.807, 2.05) is 7.11 Å². The molecule has 0 aromatic carbocycles. The number of hydrogen-bond acceptors (Lipinski definition) is 3. The zero-order valence-electron chi connectivity index (χ0n) is 13.7. The van der Waals surface area contributed by atoms with E-state index in [4.69, 9.17) is 10.5 Å². The molecule has 2 atom stereocenters. The maximum absolute atomic E-state index is 6.29. The van der Waals surface area contributed by atoms with Gasteiger partial charge in [0.05, 0.1) is 6.61 Å². The molecule has 118 valence electrons. The van der Waals surface area contributed by atoms with Gasteiger partial charge in [-0.2, -0.15) is 0 Å². The summed E-state index contributed by atoms with van der Waals surface area (Å²) >= 11 is 0. The fourth-order valence-corrected chi connectivity index (χ4v) is 4.28. The quantitative estimate of drug-likeness (QED) is 0.743. The van der Waals surface area contributed by atoms with Crippen LogP contribution < -0.4 is 5.73 Å². The summed E-state index contributed by atoms with van der Waals surface area (Å²) in [4.78, 5) is 2.73. The second kappa shape index (κ2) is 7.24. The summed E-state index contributed by atoms with van der Waals surface area (Å²) in [7, 11) is 1.81. The van der Waals surface area contributed by atoms with Crippen LogP contribution in [0.3, 0.4) is 0 Å². The van der Waals surface area contributed by atoms with Crippen molar-refractivity contribution in [2.45, 2.75) is 70.4 Å². The molecule has 3 heteroatoms. The summed E-state index contributed by atoms with van der Waals surface area (Å²) < 4.78 is 5.34. The molecule has 0 amide bonds. The van der Waals surface area contributed by atoms with E-state index in [-0.39, 0.29) is 5.54 Å². The van der Waals surface area contributed by atoms with Crippen molar-refractivity contribution in [1.82, 2.24) is 4.90 Å². The van der Waals surface area contributed by atoms with Crippen molar-refractivity contribution in [3.63, 3.8) is 0 Å². The summed E-state index contributed by atoms with van der Waals surface area (Å²) in [5, 5.41) is 0. The Labute approximate surface area is 125 Å². The second-order valence-electron chi connectivity index (χ2n) is 7.44. The third-order valence-electron chi connectivity index (χ3n) is 5.24. The topological polar surface area (TPSA) is 38.5 Å². The number of nitrogens with zero attached hydrogens (tertiary/aromatic N) is 1. The molecule has 2 aliphatic rings. The fourth-order valence-electron chi connectivity index (χ4n) is 4.28. The Morgan fingerprint density at radius 2 is 2.05 bits per heavy atom. The molecule has 0 aliphatic heterocycles. The first-order valence-electron chi connectivity index (χ1n) is 8.57.